The number of benzene rings is 4. The van der Waals surface area contributed by atoms with Crippen LogP contribution in [0.3, 0.4) is 0 Å². The van der Waals surface area contributed by atoms with Crippen LogP contribution in [0, 0.1) is 0 Å². The highest BCUT2D eigenvalue weighted by molar-refractivity contribution is 9.10. The minimum absolute atomic E-state index is 0.132. The number of carbonyl (C=O) groups excluding carboxylic acids is 2. The SMILES string of the molecule is CC(C)(C)OC(=O)N(Cc1ccc(Br)cc1)c1ccc(C(=O)OCc2ccccc2)c(OCc2ccccc2)c1. The molecule has 0 aliphatic rings. The molecule has 0 heterocycles. The first-order valence-electron chi connectivity index (χ1n) is 12.9. The average Bonchev–Trinajstić information content (AvgIpc) is 2.94. The molecule has 6 nitrogen and oxygen atoms in total. The van der Waals surface area contributed by atoms with E-state index in [0.717, 1.165) is 21.2 Å². The molecule has 0 aromatic heterocycles. The Kier molecular flexibility index (Phi) is 9.61. The summed E-state index contributed by atoms with van der Waals surface area (Å²) < 4.78 is 18.4. The molecule has 0 N–H and O–H groups in total. The fraction of sp³-hybridized carbons (Fsp3) is 0.212. The van der Waals surface area contributed by atoms with Crippen molar-refractivity contribution in [1.29, 1.82) is 0 Å². The van der Waals surface area contributed by atoms with Gasteiger partial charge in [0.1, 0.15) is 30.1 Å². The Hall–Kier alpha value is -4.10. The summed E-state index contributed by atoms with van der Waals surface area (Å²) in [7, 11) is 0. The zero-order valence-corrected chi connectivity index (χ0v) is 24.4. The molecule has 0 saturated heterocycles. The summed E-state index contributed by atoms with van der Waals surface area (Å²) in [5.41, 5.74) is 2.83. The molecule has 4 aromatic rings. The van der Waals surface area contributed by atoms with Crippen LogP contribution in [0.15, 0.2) is 108 Å². The number of rotatable bonds is 9. The smallest absolute Gasteiger partial charge is 0.415 e. The van der Waals surface area contributed by atoms with Gasteiger partial charge in [0, 0.05) is 10.5 Å². The summed E-state index contributed by atoms with van der Waals surface area (Å²) in [6, 6.07) is 31.9. The summed E-state index contributed by atoms with van der Waals surface area (Å²) in [5, 5.41) is 0. The topological polar surface area (TPSA) is 65.1 Å². The number of hydrogen-bond acceptors (Lipinski definition) is 5. The van der Waals surface area contributed by atoms with Gasteiger partial charge in [0.25, 0.3) is 0 Å². The van der Waals surface area contributed by atoms with E-state index in [0.29, 0.717) is 11.4 Å². The van der Waals surface area contributed by atoms with Crippen molar-refractivity contribution in [2.24, 2.45) is 0 Å². The van der Waals surface area contributed by atoms with E-state index in [1.807, 2.05) is 106 Å². The van der Waals surface area contributed by atoms with Gasteiger partial charge in [0.05, 0.1) is 12.2 Å². The Bertz CT molecular complexity index is 1420. The minimum Gasteiger partial charge on any atom is -0.488 e. The van der Waals surface area contributed by atoms with Gasteiger partial charge in [-0.15, -0.1) is 0 Å². The van der Waals surface area contributed by atoms with Gasteiger partial charge in [-0.2, -0.15) is 0 Å². The summed E-state index contributed by atoms with van der Waals surface area (Å²) in [4.78, 5) is 28.1. The lowest BCUT2D eigenvalue weighted by Crippen LogP contribution is -2.36. The molecule has 0 spiro atoms. The Morgan fingerprint density at radius 3 is 1.95 bits per heavy atom. The van der Waals surface area contributed by atoms with Crippen LogP contribution < -0.4 is 9.64 Å². The second-order valence-electron chi connectivity index (χ2n) is 10.2. The van der Waals surface area contributed by atoms with Crippen molar-refractivity contribution in [1.82, 2.24) is 0 Å². The summed E-state index contributed by atoms with van der Waals surface area (Å²) >= 11 is 3.45. The van der Waals surface area contributed by atoms with E-state index in [1.54, 1.807) is 18.2 Å². The van der Waals surface area contributed by atoms with Crippen molar-refractivity contribution >= 4 is 33.7 Å². The third kappa shape index (κ3) is 8.45. The van der Waals surface area contributed by atoms with Crippen LogP contribution in [0.25, 0.3) is 0 Å². The van der Waals surface area contributed by atoms with E-state index in [-0.39, 0.29) is 25.3 Å². The fourth-order valence-electron chi connectivity index (χ4n) is 3.85. The lowest BCUT2D eigenvalue weighted by molar-refractivity contribution is 0.0467. The fourth-order valence-corrected chi connectivity index (χ4v) is 4.12. The molecule has 0 radical (unpaired) electrons. The number of hydrogen-bond donors (Lipinski definition) is 0. The molecular weight excluding hydrogens is 570 g/mol. The molecule has 4 aromatic carbocycles. The normalized spacial score (nSPS) is 11.0. The number of halogens is 1. The van der Waals surface area contributed by atoms with Gasteiger partial charge in [0.15, 0.2) is 0 Å². The van der Waals surface area contributed by atoms with Crippen LogP contribution in [0.1, 0.15) is 47.8 Å². The van der Waals surface area contributed by atoms with Gasteiger partial charge in [-0.25, -0.2) is 9.59 Å². The monoisotopic (exact) mass is 601 g/mol. The van der Waals surface area contributed by atoms with Crippen molar-refractivity contribution in [2.75, 3.05) is 4.90 Å². The van der Waals surface area contributed by atoms with Gasteiger partial charge in [0.2, 0.25) is 0 Å². The molecule has 1 amide bonds. The second-order valence-corrected chi connectivity index (χ2v) is 11.1. The molecular formula is C33H32BrNO5. The molecule has 0 saturated carbocycles. The molecule has 206 valence electrons. The predicted molar refractivity (Wildman–Crippen MR) is 159 cm³/mol. The summed E-state index contributed by atoms with van der Waals surface area (Å²) in [6.07, 6.45) is -0.510. The molecule has 7 heteroatoms. The Labute approximate surface area is 243 Å². The van der Waals surface area contributed by atoms with E-state index in [4.69, 9.17) is 14.2 Å². The number of amides is 1. The average molecular weight is 603 g/mol. The third-order valence-electron chi connectivity index (χ3n) is 5.81. The first-order valence-corrected chi connectivity index (χ1v) is 13.7. The van der Waals surface area contributed by atoms with Gasteiger partial charge < -0.3 is 14.2 Å². The van der Waals surface area contributed by atoms with Crippen molar-refractivity contribution in [3.63, 3.8) is 0 Å². The third-order valence-corrected chi connectivity index (χ3v) is 6.34. The predicted octanol–water partition coefficient (Wildman–Crippen LogP) is 8.33. The summed E-state index contributed by atoms with van der Waals surface area (Å²) in [5.74, 6) is -0.209. The molecule has 0 aliphatic carbocycles. The lowest BCUT2D eigenvalue weighted by atomic mass is 10.1. The molecule has 0 unspecified atom stereocenters. The Morgan fingerprint density at radius 2 is 1.35 bits per heavy atom. The number of anilines is 1. The van der Waals surface area contributed by atoms with E-state index >= 15 is 0 Å². The van der Waals surface area contributed by atoms with Crippen LogP contribution in [0.4, 0.5) is 10.5 Å². The maximum atomic E-state index is 13.4. The van der Waals surface area contributed by atoms with Gasteiger partial charge >= 0.3 is 12.1 Å². The first kappa shape index (κ1) is 28.9. The highest BCUT2D eigenvalue weighted by atomic mass is 79.9. The van der Waals surface area contributed by atoms with E-state index in [1.165, 1.54) is 4.90 Å². The number of carbonyl (C=O) groups is 2. The Balaban J connectivity index is 1.66. The van der Waals surface area contributed by atoms with Crippen LogP contribution in [0.5, 0.6) is 5.75 Å². The lowest BCUT2D eigenvalue weighted by Gasteiger charge is -2.28. The van der Waals surface area contributed by atoms with Crippen LogP contribution in [0.2, 0.25) is 0 Å². The highest BCUT2D eigenvalue weighted by Gasteiger charge is 2.26. The largest absolute Gasteiger partial charge is 0.488 e. The van der Waals surface area contributed by atoms with Gasteiger partial charge in [-0.05, 0) is 61.7 Å². The molecule has 40 heavy (non-hydrogen) atoms. The summed E-state index contributed by atoms with van der Waals surface area (Å²) in [6.45, 7) is 6.10. The van der Waals surface area contributed by atoms with Gasteiger partial charge in [-0.3, -0.25) is 4.90 Å². The second kappa shape index (κ2) is 13.3. The number of ether oxygens (including phenoxy) is 3. The number of esters is 1. The maximum absolute atomic E-state index is 13.4. The zero-order valence-electron chi connectivity index (χ0n) is 22.8. The molecule has 0 aliphatic heterocycles. The molecule has 0 fully saturated rings. The van der Waals surface area contributed by atoms with Crippen molar-refractivity contribution in [2.45, 2.75) is 46.1 Å². The zero-order chi connectivity index (χ0) is 28.5. The Morgan fingerprint density at radius 1 is 0.750 bits per heavy atom. The highest BCUT2D eigenvalue weighted by Crippen LogP contribution is 2.30. The van der Waals surface area contributed by atoms with Gasteiger partial charge in [-0.1, -0.05) is 88.7 Å². The minimum atomic E-state index is -0.692. The number of nitrogens with zero attached hydrogens (tertiary/aromatic N) is 1. The molecule has 0 bridgehead atoms. The van der Waals surface area contributed by atoms with Crippen LogP contribution >= 0.6 is 15.9 Å². The van der Waals surface area contributed by atoms with Crippen molar-refractivity contribution < 1.29 is 23.8 Å². The quantitative estimate of drug-likeness (QED) is 0.180. The van der Waals surface area contributed by atoms with Crippen LogP contribution in [-0.2, 0) is 29.2 Å². The van der Waals surface area contributed by atoms with Crippen molar-refractivity contribution in [3.8, 4) is 5.75 Å². The van der Waals surface area contributed by atoms with E-state index < -0.39 is 17.7 Å². The molecule has 0 atom stereocenters. The van der Waals surface area contributed by atoms with E-state index in [2.05, 4.69) is 15.9 Å². The van der Waals surface area contributed by atoms with E-state index in [9.17, 15) is 9.59 Å². The molecule has 4 rings (SSSR count). The van der Waals surface area contributed by atoms with Crippen molar-refractivity contribution in [3.05, 3.63) is 130 Å². The maximum Gasteiger partial charge on any atom is 0.415 e. The standard InChI is InChI=1S/C33H32BrNO5/c1-33(2,3)40-32(37)35(21-24-14-16-27(34)17-15-24)28-18-19-29(31(36)39-23-26-12-8-5-9-13-26)30(20-28)38-22-25-10-6-4-7-11-25/h4-20H,21-23H2,1-3H3. The van der Waals surface area contributed by atoms with Crippen LogP contribution in [-0.4, -0.2) is 17.7 Å². The first-order chi connectivity index (χ1) is 19.2.